The van der Waals surface area contributed by atoms with Crippen LogP contribution < -0.4 is 0 Å². The minimum atomic E-state index is -0.605. The molecular weight excluding hydrogens is 176 g/mol. The van der Waals surface area contributed by atoms with Crippen molar-refractivity contribution in [3.63, 3.8) is 0 Å². The molecule has 2 atom stereocenters. The maximum Gasteiger partial charge on any atom is 0.138 e. The molecular formula is C12H14O2. The molecule has 0 aromatic heterocycles. The summed E-state index contributed by atoms with van der Waals surface area (Å²) in [5, 5.41) is 9.97. The van der Waals surface area contributed by atoms with Gasteiger partial charge in [-0.15, -0.1) is 0 Å². The number of aliphatic hydroxyl groups excluding tert-OH is 1. The van der Waals surface area contributed by atoms with Gasteiger partial charge >= 0.3 is 0 Å². The fourth-order valence-corrected chi connectivity index (χ4v) is 2.06. The molecule has 2 heteroatoms. The zero-order chi connectivity index (χ0) is 9.97. The normalized spacial score (nSPS) is 23.8. The van der Waals surface area contributed by atoms with Gasteiger partial charge in [-0.2, -0.15) is 0 Å². The Morgan fingerprint density at radius 1 is 1.29 bits per heavy atom. The van der Waals surface area contributed by atoms with E-state index in [-0.39, 0.29) is 11.7 Å². The van der Waals surface area contributed by atoms with Crippen molar-refractivity contribution in [3.05, 3.63) is 35.9 Å². The molecule has 0 aliphatic heterocycles. The summed E-state index contributed by atoms with van der Waals surface area (Å²) >= 11 is 0. The van der Waals surface area contributed by atoms with Crippen molar-refractivity contribution < 1.29 is 9.90 Å². The highest BCUT2D eigenvalue weighted by Crippen LogP contribution is 2.32. The SMILES string of the molecule is O=C1CCCC1C(O)c1ccccc1. The molecule has 1 aromatic carbocycles. The molecule has 1 aliphatic carbocycles. The molecule has 1 aromatic rings. The number of ketones is 1. The van der Waals surface area contributed by atoms with Crippen molar-refractivity contribution >= 4 is 5.78 Å². The summed E-state index contributed by atoms with van der Waals surface area (Å²) in [6.07, 6.45) is 1.78. The fraction of sp³-hybridized carbons (Fsp3) is 0.417. The lowest BCUT2D eigenvalue weighted by molar-refractivity contribution is -0.123. The lowest BCUT2D eigenvalue weighted by atomic mass is 9.94. The van der Waals surface area contributed by atoms with Crippen LogP contribution in [-0.2, 0) is 4.79 Å². The highest BCUT2D eigenvalue weighted by Gasteiger charge is 2.31. The molecule has 1 fully saturated rings. The molecule has 1 aliphatic rings. The minimum Gasteiger partial charge on any atom is -0.388 e. The van der Waals surface area contributed by atoms with E-state index >= 15 is 0 Å². The van der Waals surface area contributed by atoms with Crippen molar-refractivity contribution in [1.29, 1.82) is 0 Å². The summed E-state index contributed by atoms with van der Waals surface area (Å²) < 4.78 is 0. The first kappa shape index (κ1) is 9.41. The van der Waals surface area contributed by atoms with Crippen LogP contribution in [0, 0.1) is 5.92 Å². The van der Waals surface area contributed by atoms with Gasteiger partial charge in [-0.05, 0) is 18.4 Å². The third kappa shape index (κ3) is 1.70. The molecule has 0 saturated heterocycles. The number of hydrogen-bond acceptors (Lipinski definition) is 2. The first-order chi connectivity index (χ1) is 6.79. The Balaban J connectivity index is 2.16. The Morgan fingerprint density at radius 2 is 2.00 bits per heavy atom. The van der Waals surface area contributed by atoms with Crippen LogP contribution in [0.5, 0.6) is 0 Å². The molecule has 1 N–H and O–H groups in total. The number of hydrogen-bond donors (Lipinski definition) is 1. The Kier molecular flexibility index (Phi) is 2.64. The number of aliphatic hydroxyl groups is 1. The monoisotopic (exact) mass is 190 g/mol. The summed E-state index contributed by atoms with van der Waals surface area (Å²) in [5.74, 6) is 0.0405. The number of Topliss-reactive ketones (excluding diaryl/α,β-unsaturated/α-hetero) is 1. The molecule has 0 radical (unpaired) electrons. The predicted molar refractivity (Wildman–Crippen MR) is 53.7 cm³/mol. The van der Waals surface area contributed by atoms with Crippen molar-refractivity contribution in [2.75, 3.05) is 0 Å². The second-order valence-corrected chi connectivity index (χ2v) is 3.82. The van der Waals surface area contributed by atoms with Gasteiger partial charge in [0, 0.05) is 12.3 Å². The zero-order valence-electron chi connectivity index (χ0n) is 8.02. The van der Waals surface area contributed by atoms with Crippen LogP contribution in [0.4, 0.5) is 0 Å². The second kappa shape index (κ2) is 3.93. The largest absolute Gasteiger partial charge is 0.388 e. The molecule has 2 unspecified atom stereocenters. The first-order valence-corrected chi connectivity index (χ1v) is 5.05. The summed E-state index contributed by atoms with van der Waals surface area (Å²) in [7, 11) is 0. The molecule has 1 saturated carbocycles. The molecule has 0 heterocycles. The summed E-state index contributed by atoms with van der Waals surface area (Å²) in [6, 6.07) is 9.43. The number of carbonyl (C=O) groups is 1. The lowest BCUT2D eigenvalue weighted by Crippen LogP contribution is -2.16. The van der Waals surface area contributed by atoms with Crippen LogP contribution in [0.15, 0.2) is 30.3 Å². The number of benzene rings is 1. The second-order valence-electron chi connectivity index (χ2n) is 3.82. The van der Waals surface area contributed by atoms with Gasteiger partial charge in [0.2, 0.25) is 0 Å². The van der Waals surface area contributed by atoms with Crippen LogP contribution in [0.2, 0.25) is 0 Å². The lowest BCUT2D eigenvalue weighted by Gasteiger charge is -2.16. The average molecular weight is 190 g/mol. The molecule has 74 valence electrons. The standard InChI is InChI=1S/C12H14O2/c13-11-8-4-7-10(11)12(14)9-5-2-1-3-6-9/h1-3,5-6,10,12,14H,4,7-8H2. The van der Waals surface area contributed by atoms with E-state index in [2.05, 4.69) is 0 Å². The highest BCUT2D eigenvalue weighted by atomic mass is 16.3. The van der Waals surface area contributed by atoms with E-state index in [4.69, 9.17) is 0 Å². The van der Waals surface area contributed by atoms with E-state index in [1.54, 1.807) is 0 Å². The maximum absolute atomic E-state index is 11.4. The molecule has 2 nitrogen and oxygen atoms in total. The third-order valence-corrected chi connectivity index (χ3v) is 2.87. The van der Waals surface area contributed by atoms with E-state index in [0.29, 0.717) is 6.42 Å². The van der Waals surface area contributed by atoms with Gasteiger partial charge in [0.25, 0.3) is 0 Å². The molecule has 2 rings (SSSR count). The highest BCUT2D eigenvalue weighted by molar-refractivity contribution is 5.83. The van der Waals surface area contributed by atoms with Crippen molar-refractivity contribution in [2.45, 2.75) is 25.4 Å². The maximum atomic E-state index is 11.4. The Morgan fingerprint density at radius 3 is 2.57 bits per heavy atom. The Hall–Kier alpha value is -1.15. The Labute approximate surface area is 83.6 Å². The molecule has 0 spiro atoms. The van der Waals surface area contributed by atoms with Gasteiger partial charge in [-0.25, -0.2) is 0 Å². The van der Waals surface area contributed by atoms with E-state index in [9.17, 15) is 9.90 Å². The van der Waals surface area contributed by atoms with Crippen LogP contribution in [0.1, 0.15) is 30.9 Å². The predicted octanol–water partition coefficient (Wildman–Crippen LogP) is 2.09. The van der Waals surface area contributed by atoms with Crippen LogP contribution in [0.25, 0.3) is 0 Å². The van der Waals surface area contributed by atoms with Gasteiger partial charge in [-0.3, -0.25) is 4.79 Å². The zero-order valence-corrected chi connectivity index (χ0v) is 8.02. The third-order valence-electron chi connectivity index (χ3n) is 2.87. The van der Waals surface area contributed by atoms with E-state index in [1.807, 2.05) is 30.3 Å². The topological polar surface area (TPSA) is 37.3 Å². The number of carbonyl (C=O) groups excluding carboxylic acids is 1. The van der Waals surface area contributed by atoms with Crippen LogP contribution in [0.3, 0.4) is 0 Å². The van der Waals surface area contributed by atoms with Gasteiger partial charge in [0.05, 0.1) is 6.10 Å². The average Bonchev–Trinajstić information content (AvgIpc) is 2.65. The van der Waals surface area contributed by atoms with E-state index in [0.717, 1.165) is 18.4 Å². The fourth-order valence-electron chi connectivity index (χ4n) is 2.06. The first-order valence-electron chi connectivity index (χ1n) is 5.05. The number of rotatable bonds is 2. The minimum absolute atomic E-state index is 0.169. The van der Waals surface area contributed by atoms with Gasteiger partial charge < -0.3 is 5.11 Å². The molecule has 0 bridgehead atoms. The summed E-state index contributed by atoms with van der Waals surface area (Å²) in [4.78, 5) is 11.4. The van der Waals surface area contributed by atoms with Crippen molar-refractivity contribution in [1.82, 2.24) is 0 Å². The van der Waals surface area contributed by atoms with Crippen molar-refractivity contribution in [2.24, 2.45) is 5.92 Å². The summed E-state index contributed by atoms with van der Waals surface area (Å²) in [6.45, 7) is 0. The molecule has 14 heavy (non-hydrogen) atoms. The van der Waals surface area contributed by atoms with Crippen LogP contribution >= 0.6 is 0 Å². The van der Waals surface area contributed by atoms with Gasteiger partial charge in [-0.1, -0.05) is 30.3 Å². The Bertz CT molecular complexity index is 318. The molecule has 0 amide bonds. The smallest absolute Gasteiger partial charge is 0.138 e. The van der Waals surface area contributed by atoms with Gasteiger partial charge in [0.1, 0.15) is 5.78 Å². The van der Waals surface area contributed by atoms with E-state index in [1.165, 1.54) is 0 Å². The van der Waals surface area contributed by atoms with E-state index < -0.39 is 6.10 Å². The quantitative estimate of drug-likeness (QED) is 0.775. The van der Waals surface area contributed by atoms with Crippen molar-refractivity contribution in [3.8, 4) is 0 Å². The summed E-state index contributed by atoms with van der Waals surface area (Å²) in [5.41, 5.74) is 0.854. The van der Waals surface area contributed by atoms with Crippen LogP contribution in [-0.4, -0.2) is 10.9 Å². The van der Waals surface area contributed by atoms with Gasteiger partial charge in [0.15, 0.2) is 0 Å².